The fourth-order valence-electron chi connectivity index (χ4n) is 4.14. The number of methoxy groups -OCH3 is 2. The lowest BCUT2D eigenvalue weighted by atomic mass is 9.95. The topological polar surface area (TPSA) is 59.1 Å². The Kier molecular flexibility index (Phi) is 6.36. The molecule has 6 heteroatoms. The highest BCUT2D eigenvalue weighted by molar-refractivity contribution is 6.15. The summed E-state index contributed by atoms with van der Waals surface area (Å²) in [5.41, 5.74) is 3.12. The molecule has 3 aromatic carbocycles. The van der Waals surface area contributed by atoms with Gasteiger partial charge in [0, 0.05) is 11.8 Å². The Bertz CT molecular complexity index is 1140. The van der Waals surface area contributed by atoms with E-state index in [1.165, 1.54) is 10.5 Å². The predicted octanol–water partition coefficient (Wildman–Crippen LogP) is 4.95. The molecule has 0 spiro atoms. The molecule has 4 rings (SSSR count). The molecule has 1 saturated heterocycles. The Morgan fingerprint density at radius 1 is 0.879 bits per heavy atom. The average Bonchev–Trinajstić information content (AvgIpc) is 2.85. The SMILES string of the molecule is COc1ccc(OC)c(N2CC(=O)N(c3ccccc3)[C@H](c3ccc(C(C)C)cc3)C2=O)c1. The Morgan fingerprint density at radius 2 is 1.58 bits per heavy atom. The molecule has 1 heterocycles. The first-order valence-electron chi connectivity index (χ1n) is 10.9. The van der Waals surface area contributed by atoms with E-state index in [1.807, 2.05) is 54.6 Å². The van der Waals surface area contributed by atoms with Gasteiger partial charge in [-0.05, 0) is 41.3 Å². The van der Waals surface area contributed by atoms with E-state index in [9.17, 15) is 9.59 Å². The maximum absolute atomic E-state index is 14.0. The van der Waals surface area contributed by atoms with Crippen LogP contribution in [-0.2, 0) is 9.59 Å². The molecule has 0 aromatic heterocycles. The van der Waals surface area contributed by atoms with Gasteiger partial charge in [-0.3, -0.25) is 19.4 Å². The molecule has 0 N–H and O–H groups in total. The Morgan fingerprint density at radius 3 is 2.18 bits per heavy atom. The van der Waals surface area contributed by atoms with Gasteiger partial charge in [0.2, 0.25) is 5.91 Å². The molecule has 170 valence electrons. The van der Waals surface area contributed by atoms with Gasteiger partial charge in [-0.1, -0.05) is 56.3 Å². The summed E-state index contributed by atoms with van der Waals surface area (Å²) in [6.45, 7) is 4.15. The number of piperazine rings is 1. The molecular formula is C27H28N2O4. The highest BCUT2D eigenvalue weighted by Gasteiger charge is 2.42. The van der Waals surface area contributed by atoms with Crippen molar-refractivity contribution in [3.63, 3.8) is 0 Å². The lowest BCUT2D eigenvalue weighted by Gasteiger charge is -2.40. The van der Waals surface area contributed by atoms with E-state index in [0.717, 1.165) is 5.56 Å². The van der Waals surface area contributed by atoms with Crippen molar-refractivity contribution in [2.45, 2.75) is 25.8 Å². The molecule has 1 atom stereocenters. The first-order valence-corrected chi connectivity index (χ1v) is 10.9. The van der Waals surface area contributed by atoms with Gasteiger partial charge in [-0.2, -0.15) is 0 Å². The van der Waals surface area contributed by atoms with Crippen LogP contribution in [0.2, 0.25) is 0 Å². The van der Waals surface area contributed by atoms with Gasteiger partial charge in [0.25, 0.3) is 5.91 Å². The normalized spacial score (nSPS) is 16.3. The number of para-hydroxylation sites is 1. The lowest BCUT2D eigenvalue weighted by molar-refractivity contribution is -0.128. The number of nitrogens with zero attached hydrogens (tertiary/aromatic N) is 2. The predicted molar refractivity (Wildman–Crippen MR) is 129 cm³/mol. The molecule has 0 aliphatic carbocycles. The maximum Gasteiger partial charge on any atom is 0.255 e. The zero-order chi connectivity index (χ0) is 23.5. The Balaban J connectivity index is 1.83. The van der Waals surface area contributed by atoms with Gasteiger partial charge < -0.3 is 9.47 Å². The first-order chi connectivity index (χ1) is 15.9. The van der Waals surface area contributed by atoms with Gasteiger partial charge in [0.15, 0.2) is 0 Å². The van der Waals surface area contributed by atoms with Gasteiger partial charge in [-0.25, -0.2) is 0 Å². The second-order valence-corrected chi connectivity index (χ2v) is 8.29. The van der Waals surface area contributed by atoms with E-state index in [1.54, 1.807) is 37.3 Å². The molecule has 6 nitrogen and oxygen atoms in total. The fourth-order valence-corrected chi connectivity index (χ4v) is 4.14. The summed E-state index contributed by atoms with van der Waals surface area (Å²) in [5, 5.41) is 0. The summed E-state index contributed by atoms with van der Waals surface area (Å²) >= 11 is 0. The number of benzene rings is 3. The molecule has 2 amide bonds. The van der Waals surface area contributed by atoms with Crippen molar-refractivity contribution in [2.24, 2.45) is 0 Å². The van der Waals surface area contributed by atoms with Crippen molar-refractivity contribution in [3.05, 3.63) is 83.9 Å². The van der Waals surface area contributed by atoms with Crippen LogP contribution in [0.1, 0.15) is 36.9 Å². The molecule has 33 heavy (non-hydrogen) atoms. The minimum absolute atomic E-state index is 0.0994. The number of hydrogen-bond acceptors (Lipinski definition) is 4. The largest absolute Gasteiger partial charge is 0.497 e. The summed E-state index contributed by atoms with van der Waals surface area (Å²) < 4.78 is 10.9. The standard InChI is InChI=1S/C27H28N2O4/c1-18(2)19-10-12-20(13-11-19)26-27(31)28(23-16-22(32-3)14-15-24(23)33-4)17-25(30)29(26)21-8-6-5-7-9-21/h5-16,18,26H,17H2,1-4H3/t26-/m1/s1. The average molecular weight is 445 g/mol. The molecular weight excluding hydrogens is 416 g/mol. The van der Waals surface area contributed by atoms with Crippen molar-refractivity contribution >= 4 is 23.2 Å². The molecule has 1 fully saturated rings. The van der Waals surface area contributed by atoms with Crippen LogP contribution in [0.3, 0.4) is 0 Å². The third-order valence-corrected chi connectivity index (χ3v) is 5.95. The van der Waals surface area contributed by atoms with E-state index >= 15 is 0 Å². The van der Waals surface area contributed by atoms with E-state index in [-0.39, 0.29) is 18.4 Å². The van der Waals surface area contributed by atoms with Crippen LogP contribution in [0, 0.1) is 0 Å². The first kappa shape index (κ1) is 22.4. The second-order valence-electron chi connectivity index (χ2n) is 8.29. The van der Waals surface area contributed by atoms with Crippen molar-refractivity contribution < 1.29 is 19.1 Å². The number of ether oxygens (including phenoxy) is 2. The third-order valence-electron chi connectivity index (χ3n) is 5.95. The smallest absolute Gasteiger partial charge is 0.255 e. The molecule has 0 unspecified atom stereocenters. The second kappa shape index (κ2) is 9.36. The van der Waals surface area contributed by atoms with Crippen molar-refractivity contribution in [1.82, 2.24) is 0 Å². The number of carbonyl (C=O) groups excluding carboxylic acids is 2. The van der Waals surface area contributed by atoms with Crippen LogP contribution < -0.4 is 19.3 Å². The summed E-state index contributed by atoms with van der Waals surface area (Å²) in [6, 6.07) is 21.7. The van der Waals surface area contributed by atoms with Crippen LogP contribution >= 0.6 is 0 Å². The molecule has 0 bridgehead atoms. The van der Waals surface area contributed by atoms with Gasteiger partial charge in [0.1, 0.15) is 24.1 Å². The number of rotatable bonds is 6. The van der Waals surface area contributed by atoms with Gasteiger partial charge >= 0.3 is 0 Å². The molecule has 1 aliphatic rings. The highest BCUT2D eigenvalue weighted by atomic mass is 16.5. The number of anilines is 2. The van der Waals surface area contributed by atoms with Crippen LogP contribution in [0.25, 0.3) is 0 Å². The summed E-state index contributed by atoms with van der Waals surface area (Å²) in [6.07, 6.45) is 0. The quantitative estimate of drug-likeness (QED) is 0.540. The van der Waals surface area contributed by atoms with E-state index in [0.29, 0.717) is 28.8 Å². The summed E-state index contributed by atoms with van der Waals surface area (Å²) in [4.78, 5) is 30.6. The number of amides is 2. The van der Waals surface area contributed by atoms with Crippen LogP contribution in [0.4, 0.5) is 11.4 Å². The lowest BCUT2D eigenvalue weighted by Crippen LogP contribution is -2.56. The zero-order valence-electron chi connectivity index (χ0n) is 19.3. The summed E-state index contributed by atoms with van der Waals surface area (Å²) in [7, 11) is 3.10. The van der Waals surface area contributed by atoms with Crippen molar-refractivity contribution in [3.8, 4) is 11.5 Å². The van der Waals surface area contributed by atoms with Crippen LogP contribution in [-0.4, -0.2) is 32.6 Å². The van der Waals surface area contributed by atoms with Crippen molar-refractivity contribution in [2.75, 3.05) is 30.6 Å². The Labute approximate surface area is 194 Å². The van der Waals surface area contributed by atoms with E-state index in [4.69, 9.17) is 9.47 Å². The number of carbonyl (C=O) groups is 2. The molecule has 1 aliphatic heterocycles. The van der Waals surface area contributed by atoms with Gasteiger partial charge in [-0.15, -0.1) is 0 Å². The molecule has 0 radical (unpaired) electrons. The van der Waals surface area contributed by atoms with Crippen LogP contribution in [0.5, 0.6) is 11.5 Å². The molecule has 0 saturated carbocycles. The third kappa shape index (κ3) is 4.29. The minimum Gasteiger partial charge on any atom is -0.497 e. The Hall–Kier alpha value is -3.80. The number of hydrogen-bond donors (Lipinski definition) is 0. The van der Waals surface area contributed by atoms with Crippen molar-refractivity contribution in [1.29, 1.82) is 0 Å². The van der Waals surface area contributed by atoms with Crippen LogP contribution in [0.15, 0.2) is 72.8 Å². The highest BCUT2D eigenvalue weighted by Crippen LogP contribution is 2.39. The fraction of sp³-hybridized carbons (Fsp3) is 0.259. The van der Waals surface area contributed by atoms with Gasteiger partial charge in [0.05, 0.1) is 19.9 Å². The van der Waals surface area contributed by atoms with E-state index < -0.39 is 6.04 Å². The molecule has 3 aromatic rings. The summed E-state index contributed by atoms with van der Waals surface area (Å²) in [5.74, 6) is 1.06. The maximum atomic E-state index is 14.0. The zero-order valence-corrected chi connectivity index (χ0v) is 19.3. The minimum atomic E-state index is -0.800. The monoisotopic (exact) mass is 444 g/mol. The van der Waals surface area contributed by atoms with E-state index in [2.05, 4.69) is 13.8 Å².